The Kier molecular flexibility index (Phi) is 6.11. The van der Waals surface area contributed by atoms with Gasteiger partial charge in [0.25, 0.3) is 5.56 Å². The number of benzene rings is 2. The molecule has 0 unspecified atom stereocenters. The van der Waals surface area contributed by atoms with Crippen LogP contribution in [-0.2, 0) is 6.54 Å². The van der Waals surface area contributed by atoms with Crippen molar-refractivity contribution in [1.29, 1.82) is 0 Å². The fourth-order valence-electron chi connectivity index (χ4n) is 3.08. The number of carbonyl (C=O) groups is 1. The van der Waals surface area contributed by atoms with Crippen molar-refractivity contribution in [2.24, 2.45) is 0 Å². The number of nitrogens with zero attached hydrogens (tertiary/aromatic N) is 1. The Labute approximate surface area is 163 Å². The number of H-pyrrole nitrogens is 1. The normalized spacial score (nSPS) is 10.8. The first-order valence-corrected chi connectivity index (χ1v) is 9.33. The fraction of sp³-hybridized carbons (Fsp3) is 0.273. The maximum absolute atomic E-state index is 12.7. The first kappa shape index (κ1) is 19.6. The highest BCUT2D eigenvalue weighted by Gasteiger charge is 2.16. The predicted molar refractivity (Wildman–Crippen MR) is 112 cm³/mol. The van der Waals surface area contributed by atoms with E-state index in [1.165, 1.54) is 0 Å². The van der Waals surface area contributed by atoms with Gasteiger partial charge < -0.3 is 20.3 Å². The molecule has 3 rings (SSSR count). The number of para-hydroxylation sites is 1. The number of aryl methyl sites for hydroxylation is 2. The van der Waals surface area contributed by atoms with Crippen molar-refractivity contribution in [3.63, 3.8) is 0 Å². The van der Waals surface area contributed by atoms with Gasteiger partial charge in [0.15, 0.2) is 0 Å². The Morgan fingerprint density at radius 2 is 1.82 bits per heavy atom. The second-order valence-electron chi connectivity index (χ2n) is 6.94. The minimum absolute atomic E-state index is 0.0261. The molecule has 0 bridgehead atoms. The van der Waals surface area contributed by atoms with E-state index >= 15 is 0 Å². The molecule has 0 aliphatic heterocycles. The van der Waals surface area contributed by atoms with Crippen molar-refractivity contribution in [2.75, 3.05) is 18.5 Å². The third-order valence-electron chi connectivity index (χ3n) is 4.80. The van der Waals surface area contributed by atoms with E-state index in [1.807, 2.05) is 50.2 Å². The van der Waals surface area contributed by atoms with Crippen LogP contribution < -0.4 is 10.9 Å². The van der Waals surface area contributed by atoms with Gasteiger partial charge in [-0.25, -0.2) is 4.79 Å². The third kappa shape index (κ3) is 4.58. The van der Waals surface area contributed by atoms with Crippen LogP contribution in [0.4, 0.5) is 10.5 Å². The molecule has 2 aromatic carbocycles. The quantitative estimate of drug-likeness (QED) is 0.612. The monoisotopic (exact) mass is 379 g/mol. The van der Waals surface area contributed by atoms with Crippen LogP contribution in [0, 0.1) is 13.8 Å². The second kappa shape index (κ2) is 8.71. The lowest BCUT2D eigenvalue weighted by atomic mass is 10.0. The van der Waals surface area contributed by atoms with Crippen molar-refractivity contribution in [3.8, 4) is 0 Å². The number of urea groups is 1. The molecule has 0 saturated heterocycles. The first-order valence-electron chi connectivity index (χ1n) is 9.33. The molecule has 0 saturated carbocycles. The summed E-state index contributed by atoms with van der Waals surface area (Å²) in [7, 11) is 0. The van der Waals surface area contributed by atoms with Crippen LogP contribution in [0.3, 0.4) is 0 Å². The van der Waals surface area contributed by atoms with Crippen LogP contribution in [0.2, 0.25) is 0 Å². The third-order valence-corrected chi connectivity index (χ3v) is 4.80. The molecule has 0 fully saturated rings. The van der Waals surface area contributed by atoms with Crippen molar-refractivity contribution in [3.05, 3.63) is 75.6 Å². The molecule has 0 spiro atoms. The van der Waals surface area contributed by atoms with Crippen LogP contribution in [-0.4, -0.2) is 34.2 Å². The average molecular weight is 379 g/mol. The minimum Gasteiger partial charge on any atom is -0.396 e. The number of hydrogen-bond acceptors (Lipinski definition) is 3. The predicted octanol–water partition coefficient (Wildman–Crippen LogP) is 3.56. The molecule has 0 radical (unpaired) electrons. The lowest BCUT2D eigenvalue weighted by Gasteiger charge is -2.23. The zero-order chi connectivity index (χ0) is 20.1. The number of carbonyl (C=O) groups excluding carboxylic acids is 1. The van der Waals surface area contributed by atoms with Crippen molar-refractivity contribution in [2.45, 2.75) is 26.8 Å². The number of anilines is 1. The molecule has 0 atom stereocenters. The van der Waals surface area contributed by atoms with Gasteiger partial charge in [0, 0.05) is 29.9 Å². The van der Waals surface area contributed by atoms with Gasteiger partial charge in [-0.1, -0.05) is 18.2 Å². The van der Waals surface area contributed by atoms with Gasteiger partial charge in [-0.2, -0.15) is 0 Å². The van der Waals surface area contributed by atoms with Crippen LogP contribution >= 0.6 is 0 Å². The second-order valence-corrected chi connectivity index (χ2v) is 6.94. The van der Waals surface area contributed by atoms with Crippen LogP contribution in [0.5, 0.6) is 0 Å². The van der Waals surface area contributed by atoms with Gasteiger partial charge in [0.2, 0.25) is 0 Å². The van der Waals surface area contributed by atoms with Crippen molar-refractivity contribution >= 4 is 22.6 Å². The molecule has 0 aliphatic carbocycles. The number of hydrogen-bond donors (Lipinski definition) is 3. The molecule has 28 heavy (non-hydrogen) atoms. The van der Waals surface area contributed by atoms with Gasteiger partial charge in [-0.15, -0.1) is 0 Å². The maximum Gasteiger partial charge on any atom is 0.322 e. The van der Waals surface area contributed by atoms with E-state index in [4.69, 9.17) is 0 Å². The largest absolute Gasteiger partial charge is 0.396 e. The lowest BCUT2D eigenvalue weighted by molar-refractivity contribution is 0.199. The fourth-order valence-corrected chi connectivity index (χ4v) is 3.08. The Hall–Kier alpha value is -3.12. The number of aromatic nitrogens is 1. The van der Waals surface area contributed by atoms with E-state index in [9.17, 15) is 14.7 Å². The summed E-state index contributed by atoms with van der Waals surface area (Å²) in [5.74, 6) is 0. The van der Waals surface area contributed by atoms with E-state index < -0.39 is 0 Å². The van der Waals surface area contributed by atoms with Crippen LogP contribution in [0.1, 0.15) is 23.1 Å². The van der Waals surface area contributed by atoms with Crippen molar-refractivity contribution in [1.82, 2.24) is 9.88 Å². The zero-order valence-corrected chi connectivity index (χ0v) is 16.2. The number of pyridine rings is 1. The number of aliphatic hydroxyl groups is 1. The molecule has 146 valence electrons. The Bertz CT molecular complexity index is 1030. The highest BCUT2D eigenvalue weighted by Crippen LogP contribution is 2.18. The van der Waals surface area contributed by atoms with Crippen LogP contribution in [0.15, 0.2) is 53.3 Å². The zero-order valence-electron chi connectivity index (χ0n) is 16.2. The molecule has 1 heterocycles. The SMILES string of the molecule is Cc1cc2cc(CN(CCCO)C(=O)Nc3ccccc3)c(=O)[nH]c2cc1C. The molecule has 6 heteroatoms. The van der Waals surface area contributed by atoms with E-state index in [0.29, 0.717) is 24.2 Å². The number of aromatic amines is 1. The number of rotatable bonds is 6. The summed E-state index contributed by atoms with van der Waals surface area (Å²) < 4.78 is 0. The summed E-state index contributed by atoms with van der Waals surface area (Å²) in [6, 6.07) is 14.7. The van der Waals surface area contributed by atoms with Gasteiger partial charge in [0.05, 0.1) is 6.54 Å². The molecule has 0 aliphatic rings. The first-order chi connectivity index (χ1) is 13.5. The van der Waals surface area contributed by atoms with Gasteiger partial charge >= 0.3 is 6.03 Å². The highest BCUT2D eigenvalue weighted by atomic mass is 16.3. The number of aliphatic hydroxyl groups excluding tert-OH is 1. The van der Waals surface area contributed by atoms with Crippen LogP contribution in [0.25, 0.3) is 10.9 Å². The topological polar surface area (TPSA) is 85.4 Å². The Morgan fingerprint density at radius 1 is 1.11 bits per heavy atom. The molecule has 1 aromatic heterocycles. The maximum atomic E-state index is 12.7. The molecule has 3 N–H and O–H groups in total. The lowest BCUT2D eigenvalue weighted by Crippen LogP contribution is -2.37. The number of amides is 2. The van der Waals surface area contributed by atoms with Gasteiger partial charge in [-0.05, 0) is 67.1 Å². The molecule has 3 aromatic rings. The summed E-state index contributed by atoms with van der Waals surface area (Å²) in [6.45, 7) is 4.52. The summed E-state index contributed by atoms with van der Waals surface area (Å²) in [6.07, 6.45) is 0.437. The number of nitrogens with one attached hydrogen (secondary N) is 2. The molecule has 2 amide bonds. The van der Waals surface area contributed by atoms with Gasteiger partial charge in [0.1, 0.15) is 0 Å². The number of fused-ring (bicyclic) bond motifs is 1. The highest BCUT2D eigenvalue weighted by molar-refractivity contribution is 5.89. The van der Waals surface area contributed by atoms with E-state index in [1.54, 1.807) is 17.0 Å². The van der Waals surface area contributed by atoms with E-state index in [-0.39, 0.29) is 24.7 Å². The average Bonchev–Trinajstić information content (AvgIpc) is 2.67. The van der Waals surface area contributed by atoms with Crippen molar-refractivity contribution < 1.29 is 9.90 Å². The Morgan fingerprint density at radius 3 is 2.54 bits per heavy atom. The summed E-state index contributed by atoms with van der Waals surface area (Å²) in [5.41, 5.74) is 4.02. The molecular formula is C22H25N3O3. The smallest absolute Gasteiger partial charge is 0.322 e. The summed E-state index contributed by atoms with van der Waals surface area (Å²) in [4.78, 5) is 29.7. The summed E-state index contributed by atoms with van der Waals surface area (Å²) >= 11 is 0. The molecular weight excluding hydrogens is 354 g/mol. The van der Waals surface area contributed by atoms with E-state index in [0.717, 1.165) is 22.0 Å². The standard InChI is InChI=1S/C22H25N3O3/c1-15-11-17-13-18(21(27)24-20(17)12-16(15)2)14-25(9-6-10-26)22(28)23-19-7-4-3-5-8-19/h3-5,7-8,11-13,26H,6,9-10,14H2,1-2H3,(H,23,28)(H,24,27). The molecule has 6 nitrogen and oxygen atoms in total. The van der Waals surface area contributed by atoms with E-state index in [2.05, 4.69) is 10.3 Å². The summed E-state index contributed by atoms with van der Waals surface area (Å²) in [5, 5.41) is 12.9. The van der Waals surface area contributed by atoms with Gasteiger partial charge in [-0.3, -0.25) is 4.79 Å². The Balaban J connectivity index is 1.87. The minimum atomic E-state index is -0.306.